The van der Waals surface area contributed by atoms with Crippen molar-refractivity contribution < 1.29 is 14.1 Å². The third-order valence-corrected chi connectivity index (χ3v) is 5.62. The molecule has 8 nitrogen and oxygen atoms in total. The van der Waals surface area contributed by atoms with E-state index in [-0.39, 0.29) is 18.4 Å². The van der Waals surface area contributed by atoms with Gasteiger partial charge >= 0.3 is 0 Å². The maximum absolute atomic E-state index is 12.8. The molecule has 0 bridgehead atoms. The van der Waals surface area contributed by atoms with Crippen LogP contribution in [0.5, 0.6) is 0 Å². The minimum atomic E-state index is -0.256. The van der Waals surface area contributed by atoms with Gasteiger partial charge in [-0.2, -0.15) is 0 Å². The summed E-state index contributed by atoms with van der Waals surface area (Å²) >= 11 is 0. The van der Waals surface area contributed by atoms with Gasteiger partial charge in [0.15, 0.2) is 0 Å². The van der Waals surface area contributed by atoms with Gasteiger partial charge in [-0.3, -0.25) is 19.4 Å². The molecule has 3 aromatic rings. The molecular weight excluding hydrogens is 418 g/mol. The van der Waals surface area contributed by atoms with Crippen molar-refractivity contribution in [1.82, 2.24) is 15.0 Å². The minimum Gasteiger partial charge on any atom is -0.361 e. The van der Waals surface area contributed by atoms with Crippen LogP contribution in [0.25, 0.3) is 0 Å². The lowest BCUT2D eigenvalue weighted by atomic mass is 10.1. The lowest BCUT2D eigenvalue weighted by molar-refractivity contribution is -0.117. The van der Waals surface area contributed by atoms with Gasteiger partial charge in [-0.1, -0.05) is 29.4 Å². The van der Waals surface area contributed by atoms with E-state index in [1.165, 1.54) is 0 Å². The normalized spacial score (nSPS) is 14.7. The van der Waals surface area contributed by atoms with Gasteiger partial charge in [-0.25, -0.2) is 0 Å². The molecule has 4 rings (SSSR count). The number of carbonyl (C=O) groups is 2. The van der Waals surface area contributed by atoms with Gasteiger partial charge in [-0.15, -0.1) is 0 Å². The molecule has 172 valence electrons. The molecule has 2 aromatic carbocycles. The number of anilines is 2. The summed E-state index contributed by atoms with van der Waals surface area (Å²) in [5.41, 5.74) is 3.65. The highest BCUT2D eigenvalue weighted by Gasteiger charge is 2.21. The van der Waals surface area contributed by atoms with E-state index in [1.54, 1.807) is 18.2 Å². The number of piperazine rings is 1. The van der Waals surface area contributed by atoms with Gasteiger partial charge in [0.1, 0.15) is 5.76 Å². The van der Waals surface area contributed by atoms with Crippen LogP contribution >= 0.6 is 0 Å². The first-order valence-electron chi connectivity index (χ1n) is 11.1. The van der Waals surface area contributed by atoms with E-state index in [2.05, 4.69) is 25.6 Å². The molecule has 0 radical (unpaired) electrons. The Morgan fingerprint density at radius 3 is 2.42 bits per heavy atom. The quantitative estimate of drug-likeness (QED) is 0.578. The minimum absolute atomic E-state index is 0.133. The summed E-state index contributed by atoms with van der Waals surface area (Å²) in [4.78, 5) is 30.0. The summed E-state index contributed by atoms with van der Waals surface area (Å²) in [6.07, 6.45) is 0. The van der Waals surface area contributed by atoms with Crippen LogP contribution in [0.4, 0.5) is 11.4 Å². The van der Waals surface area contributed by atoms with Crippen molar-refractivity contribution in [2.75, 3.05) is 43.4 Å². The number of nitrogens with zero attached hydrogens (tertiary/aromatic N) is 3. The summed E-state index contributed by atoms with van der Waals surface area (Å²) < 4.78 is 5.13. The summed E-state index contributed by atoms with van der Waals surface area (Å²) in [5, 5.41) is 9.86. The molecular formula is C25H29N5O3. The van der Waals surface area contributed by atoms with E-state index < -0.39 is 0 Å². The van der Waals surface area contributed by atoms with Crippen LogP contribution in [0.3, 0.4) is 0 Å². The molecule has 2 heterocycles. The predicted octanol–water partition coefficient (Wildman–Crippen LogP) is 3.30. The summed E-state index contributed by atoms with van der Waals surface area (Å²) in [6.45, 7) is 8.19. The SMILES string of the molecule is Cc1cccc(NC(=O)c2ccccc2NC(=O)CN2CCN(Cc3cc(C)on3)CC2)c1. The largest absolute Gasteiger partial charge is 0.361 e. The number of hydrogen-bond acceptors (Lipinski definition) is 6. The van der Waals surface area contributed by atoms with Crippen molar-refractivity contribution in [2.45, 2.75) is 20.4 Å². The van der Waals surface area contributed by atoms with Crippen molar-refractivity contribution in [3.05, 3.63) is 77.2 Å². The first-order valence-corrected chi connectivity index (χ1v) is 11.1. The Morgan fingerprint density at radius 1 is 0.939 bits per heavy atom. The van der Waals surface area contributed by atoms with Crippen LogP contribution in [-0.2, 0) is 11.3 Å². The molecule has 1 aliphatic rings. The highest BCUT2D eigenvalue weighted by Crippen LogP contribution is 2.18. The van der Waals surface area contributed by atoms with E-state index >= 15 is 0 Å². The molecule has 8 heteroatoms. The number of nitrogens with one attached hydrogen (secondary N) is 2. The highest BCUT2D eigenvalue weighted by molar-refractivity contribution is 6.10. The molecule has 1 aromatic heterocycles. The molecule has 0 atom stereocenters. The Labute approximate surface area is 193 Å². The second kappa shape index (κ2) is 10.4. The maximum Gasteiger partial charge on any atom is 0.257 e. The molecule has 1 saturated heterocycles. The summed E-state index contributed by atoms with van der Waals surface area (Å²) in [7, 11) is 0. The number of aromatic nitrogens is 1. The van der Waals surface area contributed by atoms with E-state index in [0.29, 0.717) is 11.3 Å². The zero-order chi connectivity index (χ0) is 23.2. The molecule has 0 aliphatic carbocycles. The van der Waals surface area contributed by atoms with Gasteiger partial charge in [-0.05, 0) is 43.7 Å². The number of benzene rings is 2. The Bertz CT molecular complexity index is 1120. The fourth-order valence-corrected chi connectivity index (χ4v) is 3.93. The standard InChI is InChI=1S/C25H29N5O3/c1-18-6-5-7-20(14-18)26-25(32)22-8-3-4-9-23(22)27-24(31)17-30-12-10-29(11-13-30)16-21-15-19(2)33-28-21/h3-9,14-15H,10-13,16-17H2,1-2H3,(H,26,32)(H,27,31). The van der Waals surface area contributed by atoms with Gasteiger partial charge in [0.05, 0.1) is 23.5 Å². The number of rotatable bonds is 7. The Morgan fingerprint density at radius 2 is 1.70 bits per heavy atom. The second-order valence-corrected chi connectivity index (χ2v) is 8.40. The smallest absolute Gasteiger partial charge is 0.257 e. The van der Waals surface area contributed by atoms with Crippen molar-refractivity contribution in [1.29, 1.82) is 0 Å². The lowest BCUT2D eigenvalue weighted by Crippen LogP contribution is -2.48. The van der Waals surface area contributed by atoms with E-state index in [4.69, 9.17) is 4.52 Å². The molecule has 2 amide bonds. The van der Waals surface area contributed by atoms with E-state index in [0.717, 1.165) is 55.4 Å². The predicted molar refractivity (Wildman–Crippen MR) is 127 cm³/mol. The molecule has 0 spiro atoms. The van der Waals surface area contributed by atoms with E-state index in [9.17, 15) is 9.59 Å². The molecule has 0 saturated carbocycles. The van der Waals surface area contributed by atoms with Crippen molar-refractivity contribution in [3.63, 3.8) is 0 Å². The second-order valence-electron chi connectivity index (χ2n) is 8.40. The number of para-hydroxylation sites is 1. The Kier molecular flexibility index (Phi) is 7.16. The highest BCUT2D eigenvalue weighted by atomic mass is 16.5. The molecule has 0 unspecified atom stereocenters. The number of aryl methyl sites for hydroxylation is 2. The average Bonchev–Trinajstić information content (AvgIpc) is 3.20. The van der Waals surface area contributed by atoms with Crippen molar-refractivity contribution >= 4 is 23.2 Å². The van der Waals surface area contributed by atoms with Crippen LogP contribution in [0.1, 0.15) is 27.4 Å². The average molecular weight is 448 g/mol. The van der Waals surface area contributed by atoms with Gasteiger partial charge in [0.25, 0.3) is 5.91 Å². The van der Waals surface area contributed by atoms with Crippen molar-refractivity contribution in [2.24, 2.45) is 0 Å². The number of amides is 2. The monoisotopic (exact) mass is 447 g/mol. The summed E-state index contributed by atoms with van der Waals surface area (Å²) in [5.74, 6) is 0.424. The zero-order valence-corrected chi connectivity index (χ0v) is 19.0. The zero-order valence-electron chi connectivity index (χ0n) is 19.0. The van der Waals surface area contributed by atoms with Crippen LogP contribution in [0.2, 0.25) is 0 Å². The van der Waals surface area contributed by atoms with Gasteiger partial charge in [0.2, 0.25) is 5.91 Å². The fraction of sp³-hybridized carbons (Fsp3) is 0.320. The van der Waals surface area contributed by atoms with E-state index in [1.807, 2.05) is 50.2 Å². The number of carbonyl (C=O) groups excluding carboxylic acids is 2. The first-order chi connectivity index (χ1) is 16.0. The third-order valence-electron chi connectivity index (χ3n) is 5.62. The van der Waals surface area contributed by atoms with Gasteiger partial charge < -0.3 is 15.2 Å². The Hall–Kier alpha value is -3.49. The van der Waals surface area contributed by atoms with Crippen molar-refractivity contribution in [3.8, 4) is 0 Å². The van der Waals surface area contributed by atoms with Crippen LogP contribution in [0.15, 0.2) is 59.1 Å². The topological polar surface area (TPSA) is 90.7 Å². The first kappa shape index (κ1) is 22.7. The van der Waals surface area contributed by atoms with Crippen LogP contribution in [0, 0.1) is 13.8 Å². The molecule has 33 heavy (non-hydrogen) atoms. The fourth-order valence-electron chi connectivity index (χ4n) is 3.93. The number of hydrogen-bond donors (Lipinski definition) is 2. The maximum atomic E-state index is 12.8. The molecule has 1 fully saturated rings. The molecule has 2 N–H and O–H groups in total. The summed E-state index contributed by atoms with van der Waals surface area (Å²) in [6, 6.07) is 16.6. The molecule has 1 aliphatic heterocycles. The van der Waals surface area contributed by atoms with Gasteiger partial charge in [0, 0.05) is 44.5 Å². The lowest BCUT2D eigenvalue weighted by Gasteiger charge is -2.33. The Balaban J connectivity index is 1.29. The third kappa shape index (κ3) is 6.27. The van der Waals surface area contributed by atoms with Crippen LogP contribution < -0.4 is 10.6 Å². The van der Waals surface area contributed by atoms with Crippen LogP contribution in [-0.4, -0.2) is 59.5 Å².